The van der Waals surface area contributed by atoms with Crippen LogP contribution in [0, 0.1) is 5.92 Å². The summed E-state index contributed by atoms with van der Waals surface area (Å²) in [6.45, 7) is 5.27. The lowest BCUT2D eigenvalue weighted by molar-refractivity contribution is -0.149. The fraction of sp³-hybridized carbons (Fsp3) is 0.618. The third-order valence-corrected chi connectivity index (χ3v) is 8.53. The Morgan fingerprint density at radius 3 is 2.00 bits per heavy atom. The standard InChI is InChI=1S/C34H53N7O11/c1-18(2)15-24(38-29(46)22(36)17-27(44)45)30(47)39-25(16-20-9-11-21(43)12-10-20)31(48)40-28(19(3)42)32(49)37-23(7-4-5-13-35)33(50)41-14-6-8-26(41)34(51)52/h9-12,18-19,22-26,28,42-43H,4-8,13-17,35-36H2,1-3H3,(H,37,49)(H,38,46)(H,39,47)(H,40,48)(H,44,45)(H,51,52)/t19-,22+,23+,24+,25+,26+,28+/m1/s1. The number of aliphatic carboxylic acids is 2. The fourth-order valence-corrected chi connectivity index (χ4v) is 5.77. The maximum Gasteiger partial charge on any atom is 0.326 e. The van der Waals surface area contributed by atoms with Crippen LogP contribution in [-0.2, 0) is 40.0 Å². The predicted molar refractivity (Wildman–Crippen MR) is 186 cm³/mol. The molecule has 18 heteroatoms. The first kappa shape index (κ1) is 43.4. The van der Waals surface area contributed by atoms with Gasteiger partial charge < -0.3 is 58.1 Å². The molecule has 12 N–H and O–H groups in total. The van der Waals surface area contributed by atoms with E-state index in [-0.39, 0.29) is 43.9 Å². The fourth-order valence-electron chi connectivity index (χ4n) is 5.77. The van der Waals surface area contributed by atoms with Crippen molar-refractivity contribution in [2.45, 2.75) is 114 Å². The lowest BCUT2D eigenvalue weighted by atomic mass is 10.00. The second-order valence-corrected chi connectivity index (χ2v) is 13.4. The molecule has 0 aliphatic carbocycles. The molecule has 1 fully saturated rings. The Balaban J connectivity index is 2.35. The Hall–Kier alpha value is -4.81. The van der Waals surface area contributed by atoms with Crippen LogP contribution >= 0.6 is 0 Å². The first-order valence-electron chi connectivity index (χ1n) is 17.3. The number of carboxylic acid groups (broad SMARTS) is 2. The number of carbonyl (C=O) groups is 7. The summed E-state index contributed by atoms with van der Waals surface area (Å²) in [4.78, 5) is 91.2. The number of aromatic hydroxyl groups is 1. The van der Waals surface area contributed by atoms with Gasteiger partial charge in [-0.3, -0.25) is 28.8 Å². The summed E-state index contributed by atoms with van der Waals surface area (Å²) < 4.78 is 0. The SMILES string of the molecule is CC(C)C[C@H](NC(=O)[C@@H](N)CC(=O)O)C(=O)N[C@@H](Cc1ccc(O)cc1)C(=O)N[C@H](C(=O)N[C@@H](CCCCN)C(=O)N1CCC[C@H]1C(=O)O)[C@@H](C)O. The number of aliphatic hydroxyl groups is 1. The molecule has 2 rings (SSSR count). The van der Waals surface area contributed by atoms with E-state index in [1.807, 2.05) is 0 Å². The molecule has 18 nitrogen and oxygen atoms in total. The van der Waals surface area contributed by atoms with E-state index >= 15 is 0 Å². The van der Waals surface area contributed by atoms with Gasteiger partial charge in [0.25, 0.3) is 0 Å². The van der Waals surface area contributed by atoms with E-state index < -0.39 is 90.3 Å². The number of unbranched alkanes of at least 4 members (excludes halogenated alkanes) is 1. The van der Waals surface area contributed by atoms with Crippen LogP contribution in [0.3, 0.4) is 0 Å². The monoisotopic (exact) mass is 735 g/mol. The number of amides is 5. The molecule has 52 heavy (non-hydrogen) atoms. The molecule has 1 saturated heterocycles. The first-order valence-corrected chi connectivity index (χ1v) is 17.3. The van der Waals surface area contributed by atoms with Gasteiger partial charge in [0.15, 0.2) is 0 Å². The molecule has 0 aromatic heterocycles. The van der Waals surface area contributed by atoms with Gasteiger partial charge in [-0.1, -0.05) is 26.0 Å². The molecule has 290 valence electrons. The zero-order chi connectivity index (χ0) is 39.1. The van der Waals surface area contributed by atoms with Crippen molar-refractivity contribution in [3.05, 3.63) is 29.8 Å². The Labute approximate surface area is 302 Å². The van der Waals surface area contributed by atoms with Gasteiger partial charge in [-0.25, -0.2) is 4.79 Å². The van der Waals surface area contributed by atoms with Crippen LogP contribution in [0.25, 0.3) is 0 Å². The van der Waals surface area contributed by atoms with Crippen LogP contribution in [0.15, 0.2) is 24.3 Å². The molecule has 0 unspecified atom stereocenters. The van der Waals surface area contributed by atoms with Crippen LogP contribution in [0.4, 0.5) is 0 Å². The average Bonchev–Trinajstić information content (AvgIpc) is 3.56. The van der Waals surface area contributed by atoms with Gasteiger partial charge in [0.1, 0.15) is 36.0 Å². The summed E-state index contributed by atoms with van der Waals surface area (Å²) in [6.07, 6.45) is -0.511. The Bertz CT molecular complexity index is 1410. The summed E-state index contributed by atoms with van der Waals surface area (Å²) in [5.74, 6) is -6.89. The van der Waals surface area contributed by atoms with Gasteiger partial charge in [0.05, 0.1) is 18.6 Å². The van der Waals surface area contributed by atoms with E-state index in [2.05, 4.69) is 21.3 Å². The number of carbonyl (C=O) groups excluding carboxylic acids is 5. The number of likely N-dealkylation sites (tertiary alicyclic amines) is 1. The number of nitrogens with zero attached hydrogens (tertiary/aromatic N) is 1. The van der Waals surface area contributed by atoms with Gasteiger partial charge in [-0.05, 0) is 75.6 Å². The Morgan fingerprint density at radius 1 is 0.846 bits per heavy atom. The molecule has 7 atom stereocenters. The van der Waals surface area contributed by atoms with E-state index in [0.717, 1.165) is 0 Å². The zero-order valence-corrected chi connectivity index (χ0v) is 29.7. The Morgan fingerprint density at radius 2 is 1.44 bits per heavy atom. The van der Waals surface area contributed by atoms with E-state index in [1.54, 1.807) is 13.8 Å². The lowest BCUT2D eigenvalue weighted by Gasteiger charge is -2.30. The van der Waals surface area contributed by atoms with E-state index in [9.17, 15) is 48.9 Å². The summed E-state index contributed by atoms with van der Waals surface area (Å²) in [7, 11) is 0. The highest BCUT2D eigenvalue weighted by Gasteiger charge is 2.39. The van der Waals surface area contributed by atoms with Crippen LogP contribution in [0.5, 0.6) is 5.75 Å². The van der Waals surface area contributed by atoms with Crippen LogP contribution in [0.1, 0.15) is 71.3 Å². The number of phenols is 1. The van der Waals surface area contributed by atoms with Crippen LogP contribution < -0.4 is 32.7 Å². The summed E-state index contributed by atoms with van der Waals surface area (Å²) >= 11 is 0. The van der Waals surface area contributed by atoms with Crippen molar-refractivity contribution >= 4 is 41.5 Å². The third-order valence-electron chi connectivity index (χ3n) is 8.53. The molecule has 5 amide bonds. The minimum Gasteiger partial charge on any atom is -0.508 e. The van der Waals surface area contributed by atoms with Crippen molar-refractivity contribution in [3.63, 3.8) is 0 Å². The van der Waals surface area contributed by atoms with Crippen molar-refractivity contribution < 1.29 is 54.0 Å². The number of hydrogen-bond donors (Lipinski definition) is 10. The molecule has 0 saturated carbocycles. The van der Waals surface area contributed by atoms with Crippen molar-refractivity contribution in [3.8, 4) is 5.75 Å². The normalized spacial score (nSPS) is 17.6. The van der Waals surface area contributed by atoms with E-state index in [1.165, 1.54) is 36.1 Å². The quantitative estimate of drug-likeness (QED) is 0.0631. The van der Waals surface area contributed by atoms with Crippen LogP contribution in [-0.4, -0.2) is 122 Å². The molecule has 1 aliphatic heterocycles. The number of hydrogen-bond acceptors (Lipinski definition) is 11. The third kappa shape index (κ3) is 13.7. The molecule has 0 radical (unpaired) electrons. The minimum absolute atomic E-state index is 0.0591. The first-order chi connectivity index (χ1) is 24.4. The van der Waals surface area contributed by atoms with Gasteiger partial charge in [-0.15, -0.1) is 0 Å². The number of nitrogens with one attached hydrogen (secondary N) is 4. The van der Waals surface area contributed by atoms with Crippen molar-refractivity contribution in [2.75, 3.05) is 13.1 Å². The van der Waals surface area contributed by atoms with Gasteiger partial charge >= 0.3 is 11.9 Å². The highest BCUT2D eigenvalue weighted by atomic mass is 16.4. The van der Waals surface area contributed by atoms with Crippen molar-refractivity contribution in [1.82, 2.24) is 26.2 Å². The number of nitrogens with two attached hydrogens (primary N) is 2. The molecule has 1 aliphatic rings. The second-order valence-electron chi connectivity index (χ2n) is 13.4. The molecule has 0 spiro atoms. The minimum atomic E-state index is -1.63. The zero-order valence-electron chi connectivity index (χ0n) is 29.7. The summed E-state index contributed by atoms with van der Waals surface area (Å²) in [5.41, 5.74) is 11.8. The maximum absolute atomic E-state index is 13.8. The highest BCUT2D eigenvalue weighted by Crippen LogP contribution is 2.20. The largest absolute Gasteiger partial charge is 0.508 e. The molecule has 1 heterocycles. The molecular formula is C34H53N7O11. The van der Waals surface area contributed by atoms with Gasteiger partial charge in [0.2, 0.25) is 29.5 Å². The number of aliphatic hydroxyl groups excluding tert-OH is 1. The average molecular weight is 736 g/mol. The molecular weight excluding hydrogens is 682 g/mol. The van der Waals surface area contributed by atoms with E-state index in [4.69, 9.17) is 16.6 Å². The van der Waals surface area contributed by atoms with Gasteiger partial charge in [-0.2, -0.15) is 0 Å². The topological polar surface area (TPSA) is 304 Å². The second kappa shape index (κ2) is 20.9. The highest BCUT2D eigenvalue weighted by molar-refractivity contribution is 5.97. The number of carboxylic acids is 2. The summed E-state index contributed by atoms with van der Waals surface area (Å²) in [5, 5.41) is 49.0. The summed E-state index contributed by atoms with van der Waals surface area (Å²) in [6, 6.07) is -2.25. The van der Waals surface area contributed by atoms with E-state index in [0.29, 0.717) is 31.4 Å². The smallest absolute Gasteiger partial charge is 0.326 e. The predicted octanol–water partition coefficient (Wildman–Crippen LogP) is -1.69. The number of benzene rings is 1. The number of phenolic OH excluding ortho intramolecular Hbond substituents is 1. The lowest BCUT2D eigenvalue weighted by Crippen LogP contribution is -2.61. The molecule has 0 bridgehead atoms. The van der Waals surface area contributed by atoms with Crippen molar-refractivity contribution in [2.24, 2.45) is 17.4 Å². The Kier molecular flexibility index (Phi) is 17.4. The van der Waals surface area contributed by atoms with Crippen LogP contribution in [0.2, 0.25) is 0 Å². The molecule has 1 aromatic carbocycles. The molecule has 1 aromatic rings. The van der Waals surface area contributed by atoms with Gasteiger partial charge in [0, 0.05) is 13.0 Å². The van der Waals surface area contributed by atoms with Crippen molar-refractivity contribution in [1.29, 1.82) is 0 Å². The maximum atomic E-state index is 13.8. The number of rotatable bonds is 21.